The summed E-state index contributed by atoms with van der Waals surface area (Å²) in [5, 5.41) is 7.81. The van der Waals surface area contributed by atoms with E-state index in [1.165, 1.54) is 5.81 Å². The summed E-state index contributed by atoms with van der Waals surface area (Å²) in [5.41, 5.74) is 0. The molecule has 4 heteroatoms. The Hall–Kier alpha value is -0.450. The van der Waals surface area contributed by atoms with E-state index in [0.29, 0.717) is 6.61 Å². The molecule has 0 radical (unpaired) electrons. The van der Waals surface area contributed by atoms with Crippen molar-refractivity contribution >= 4 is 8.03 Å². The van der Waals surface area contributed by atoms with E-state index >= 15 is 0 Å². The maximum Gasteiger partial charge on any atom is 0.631 e. The zero-order chi connectivity index (χ0) is 5.70. The minimum absolute atomic E-state index is 0.336. The van der Waals surface area contributed by atoms with Gasteiger partial charge in [0.05, 0.1) is 0 Å². The van der Waals surface area contributed by atoms with Crippen LogP contribution in [0.25, 0.3) is 0 Å². The van der Waals surface area contributed by atoms with E-state index in [1.807, 2.05) is 0 Å². The second kappa shape index (κ2) is 3.73. The van der Waals surface area contributed by atoms with Gasteiger partial charge in [-0.1, -0.05) is 0 Å². The average molecular weight is 118 g/mol. The molecule has 0 bridgehead atoms. The third kappa shape index (κ3) is 3.38. The first-order valence-corrected chi connectivity index (χ1v) is 2.99. The van der Waals surface area contributed by atoms with Gasteiger partial charge in [0.2, 0.25) is 0 Å². The van der Waals surface area contributed by atoms with Crippen LogP contribution in [-0.2, 0) is 9.09 Å². The van der Waals surface area contributed by atoms with Crippen molar-refractivity contribution in [2.75, 3.05) is 6.61 Å². The Morgan fingerprint density at radius 1 is 2.00 bits per heavy atom. The maximum absolute atomic E-state index is 9.98. The zero-order valence-corrected chi connectivity index (χ0v) is 4.81. The van der Waals surface area contributed by atoms with Crippen molar-refractivity contribution in [3.05, 3.63) is 0 Å². The quantitative estimate of drug-likeness (QED) is 0.512. The van der Waals surface area contributed by atoms with E-state index < -0.39 is 8.03 Å². The second-order valence-electron chi connectivity index (χ2n) is 0.775. The van der Waals surface area contributed by atoms with E-state index in [0.717, 1.165) is 0 Å². The predicted molar refractivity (Wildman–Crippen MR) is 24.8 cm³/mol. The smallest absolute Gasteiger partial charge is 0.136 e. The van der Waals surface area contributed by atoms with E-state index in [4.69, 9.17) is 5.26 Å². The molecule has 0 aromatic carbocycles. The molecule has 0 aliphatic heterocycles. The molecule has 0 heterocycles. The van der Waals surface area contributed by atoms with Gasteiger partial charge < -0.3 is 0 Å². The number of hydrogen-bond acceptors (Lipinski definition) is 3. The zero-order valence-electron chi connectivity index (χ0n) is 3.92. The van der Waals surface area contributed by atoms with Crippen molar-refractivity contribution in [1.29, 1.82) is 5.26 Å². The van der Waals surface area contributed by atoms with Crippen LogP contribution in [0.15, 0.2) is 0 Å². The van der Waals surface area contributed by atoms with E-state index in [2.05, 4.69) is 4.52 Å². The Bertz CT molecular complexity index is 106. The van der Waals surface area contributed by atoms with Crippen LogP contribution < -0.4 is 0 Å². The van der Waals surface area contributed by atoms with E-state index in [1.54, 1.807) is 6.92 Å². The monoisotopic (exact) mass is 118 g/mol. The van der Waals surface area contributed by atoms with Crippen molar-refractivity contribution < 1.29 is 9.09 Å². The third-order valence-corrected chi connectivity index (χ3v) is 0.984. The molecule has 0 aromatic rings. The Morgan fingerprint density at radius 2 is 2.57 bits per heavy atom. The van der Waals surface area contributed by atoms with Crippen molar-refractivity contribution in [2.45, 2.75) is 6.92 Å². The predicted octanol–water partition coefficient (Wildman–Crippen LogP) is 1.25. The minimum atomic E-state index is -2.02. The van der Waals surface area contributed by atoms with Crippen LogP contribution in [0.3, 0.4) is 0 Å². The van der Waals surface area contributed by atoms with E-state index in [-0.39, 0.29) is 0 Å². The molecule has 3 nitrogen and oxygen atoms in total. The van der Waals surface area contributed by atoms with Gasteiger partial charge in [0.1, 0.15) is 6.61 Å². The highest BCUT2D eigenvalue weighted by atomic mass is 31.1. The molecule has 0 spiro atoms. The van der Waals surface area contributed by atoms with Gasteiger partial charge in [-0.05, 0) is 11.5 Å². The van der Waals surface area contributed by atoms with Crippen molar-refractivity contribution in [3.8, 4) is 5.81 Å². The fourth-order valence-electron chi connectivity index (χ4n) is 0.146. The number of rotatable bonds is 2. The van der Waals surface area contributed by atoms with E-state index in [9.17, 15) is 4.57 Å². The minimum Gasteiger partial charge on any atom is -0.136 e. The van der Waals surface area contributed by atoms with Crippen LogP contribution in [0, 0.1) is 11.1 Å². The van der Waals surface area contributed by atoms with Gasteiger partial charge in [0, 0.05) is 0 Å². The average Bonchev–Trinajstić information content (AvgIpc) is 1.68. The molecule has 0 saturated carbocycles. The Morgan fingerprint density at radius 3 is 2.71 bits per heavy atom. The molecule has 0 aliphatic rings. The van der Waals surface area contributed by atoms with Gasteiger partial charge in [-0.3, -0.25) is 0 Å². The maximum atomic E-state index is 9.98. The van der Waals surface area contributed by atoms with Gasteiger partial charge in [0.25, 0.3) is 0 Å². The Labute approximate surface area is 42.8 Å². The van der Waals surface area contributed by atoms with Crippen LogP contribution in [-0.4, -0.2) is 6.61 Å². The van der Waals surface area contributed by atoms with Crippen LogP contribution in [0.1, 0.15) is 6.92 Å². The Balaban J connectivity index is 3.24. The Kier molecular flexibility index (Phi) is 3.49. The van der Waals surface area contributed by atoms with Gasteiger partial charge in [-0.2, -0.15) is 0 Å². The molecule has 0 aromatic heterocycles. The van der Waals surface area contributed by atoms with Gasteiger partial charge in [0.15, 0.2) is 0 Å². The van der Waals surface area contributed by atoms with Crippen molar-refractivity contribution in [1.82, 2.24) is 0 Å². The molecule has 0 saturated heterocycles. The lowest BCUT2D eigenvalue weighted by molar-refractivity contribution is 0.357. The highest BCUT2D eigenvalue weighted by Gasteiger charge is 2.12. The number of nitrogens with zero attached hydrogens (tertiary/aromatic N) is 1. The molecule has 1 atom stereocenters. The molecular weight excluding hydrogens is 113 g/mol. The standard InChI is InChI=1S/C3H5NO2P/c1-2-6-7(5)3-4/h2H2,1H3/q+1. The summed E-state index contributed by atoms with van der Waals surface area (Å²) in [5.74, 6) is 1.45. The molecule has 0 aliphatic carbocycles. The van der Waals surface area contributed by atoms with Gasteiger partial charge in [-0.25, -0.2) is 0 Å². The fraction of sp³-hybridized carbons (Fsp3) is 0.667. The summed E-state index contributed by atoms with van der Waals surface area (Å²) in [6.45, 7) is 2.02. The summed E-state index contributed by atoms with van der Waals surface area (Å²) in [4.78, 5) is 0. The molecule has 7 heavy (non-hydrogen) atoms. The topological polar surface area (TPSA) is 50.1 Å². The highest BCUT2D eigenvalue weighted by molar-refractivity contribution is 7.44. The fourth-order valence-corrected chi connectivity index (χ4v) is 0.438. The number of hydrogen-bond donors (Lipinski definition) is 0. The number of nitriles is 1. The van der Waals surface area contributed by atoms with Crippen molar-refractivity contribution in [3.63, 3.8) is 0 Å². The lowest BCUT2D eigenvalue weighted by Crippen LogP contribution is -1.72. The van der Waals surface area contributed by atoms with Crippen LogP contribution in [0.2, 0.25) is 0 Å². The van der Waals surface area contributed by atoms with Gasteiger partial charge >= 0.3 is 13.8 Å². The van der Waals surface area contributed by atoms with Crippen molar-refractivity contribution in [2.24, 2.45) is 0 Å². The van der Waals surface area contributed by atoms with Crippen LogP contribution in [0.5, 0.6) is 0 Å². The summed E-state index contributed by atoms with van der Waals surface area (Å²) < 4.78 is 14.3. The van der Waals surface area contributed by atoms with Crippen LogP contribution >= 0.6 is 8.03 Å². The molecule has 38 valence electrons. The second-order valence-corrected chi connectivity index (χ2v) is 1.75. The highest BCUT2D eigenvalue weighted by Crippen LogP contribution is 2.17. The SMILES string of the molecule is CCO[P+](=O)C#N. The first kappa shape index (κ1) is 6.55. The molecule has 0 rings (SSSR count). The molecule has 0 fully saturated rings. The van der Waals surface area contributed by atoms with Crippen LogP contribution in [0.4, 0.5) is 0 Å². The molecule has 0 N–H and O–H groups in total. The molecule has 0 amide bonds. The summed E-state index contributed by atoms with van der Waals surface area (Å²) in [6.07, 6.45) is 0. The summed E-state index contributed by atoms with van der Waals surface area (Å²) >= 11 is 0. The first-order valence-electron chi connectivity index (χ1n) is 1.81. The molecule has 1 unspecified atom stereocenters. The summed E-state index contributed by atoms with van der Waals surface area (Å²) in [6, 6.07) is 0. The summed E-state index contributed by atoms with van der Waals surface area (Å²) in [7, 11) is -2.02. The molecular formula is C3H5NO2P+. The third-order valence-electron chi connectivity index (χ3n) is 0.328. The largest absolute Gasteiger partial charge is 0.631 e. The first-order chi connectivity index (χ1) is 3.31. The van der Waals surface area contributed by atoms with Gasteiger partial charge in [-0.15, -0.1) is 9.79 Å². The lowest BCUT2D eigenvalue weighted by Gasteiger charge is -1.67. The lowest BCUT2D eigenvalue weighted by atomic mass is 10.9. The normalized spacial score (nSPS) is 10.0.